The molecule has 2 rings (SSSR count). The monoisotopic (exact) mass is 272 g/mol. The molecule has 0 bridgehead atoms. The van der Waals surface area contributed by atoms with Crippen molar-refractivity contribution in [2.24, 2.45) is 0 Å². The minimum Gasteiger partial charge on any atom is -0.382 e. The fourth-order valence-electron chi connectivity index (χ4n) is 2.21. The first-order valence-corrected chi connectivity index (χ1v) is 7.98. The third-order valence-corrected chi connectivity index (χ3v) is 4.73. The third-order valence-electron chi connectivity index (χ3n) is 2.99. The maximum Gasteiger partial charge on any atom is 0.153 e. The molecule has 1 saturated heterocycles. The van der Waals surface area contributed by atoms with E-state index in [-0.39, 0.29) is 0 Å². The van der Waals surface area contributed by atoms with Crippen LogP contribution in [0.3, 0.4) is 0 Å². The molecule has 0 spiro atoms. The molecular weight excluding hydrogens is 252 g/mol. The Bertz CT molecular complexity index is 360. The van der Waals surface area contributed by atoms with Crippen molar-refractivity contribution in [3.8, 4) is 0 Å². The Balaban J connectivity index is 1.90. The zero-order chi connectivity index (χ0) is 12.3. The molecule has 0 saturated carbocycles. The molecule has 0 amide bonds. The highest BCUT2D eigenvalue weighted by atomic mass is 32.2. The summed E-state index contributed by atoms with van der Waals surface area (Å²) in [5.41, 5.74) is 5.82. The number of hydrogen-bond acceptors (Lipinski definition) is 6. The van der Waals surface area contributed by atoms with Crippen LogP contribution in [-0.4, -0.2) is 41.2 Å². The molecule has 6 heteroatoms. The number of nitrogens with two attached hydrogens (primary N) is 1. The number of anilines is 2. The maximum atomic E-state index is 5.82. The summed E-state index contributed by atoms with van der Waals surface area (Å²) < 4.78 is 4.19. The van der Waals surface area contributed by atoms with E-state index in [2.05, 4.69) is 21.5 Å². The lowest BCUT2D eigenvalue weighted by Crippen LogP contribution is -2.32. The molecule has 17 heavy (non-hydrogen) atoms. The van der Waals surface area contributed by atoms with Gasteiger partial charge in [0, 0.05) is 12.6 Å². The summed E-state index contributed by atoms with van der Waals surface area (Å²) in [6.45, 7) is 5.81. The SMILES string of the molecule is CSc1c(N)nsc1NC(C)CN1CCCC1. The first-order valence-electron chi connectivity index (χ1n) is 5.98. The number of aromatic nitrogens is 1. The number of nitrogens with zero attached hydrogens (tertiary/aromatic N) is 2. The van der Waals surface area contributed by atoms with Gasteiger partial charge in [-0.1, -0.05) is 0 Å². The highest BCUT2D eigenvalue weighted by Gasteiger charge is 2.17. The van der Waals surface area contributed by atoms with Crippen LogP contribution < -0.4 is 11.1 Å². The van der Waals surface area contributed by atoms with Gasteiger partial charge in [0.15, 0.2) is 5.82 Å². The topological polar surface area (TPSA) is 54.2 Å². The number of rotatable bonds is 5. The van der Waals surface area contributed by atoms with Gasteiger partial charge in [-0.25, -0.2) is 0 Å². The molecule has 1 aromatic heterocycles. The molecule has 0 aromatic carbocycles. The molecule has 1 aromatic rings. The molecule has 1 aliphatic heterocycles. The van der Waals surface area contributed by atoms with Crippen molar-refractivity contribution in [1.29, 1.82) is 0 Å². The van der Waals surface area contributed by atoms with Crippen LogP contribution >= 0.6 is 23.3 Å². The summed E-state index contributed by atoms with van der Waals surface area (Å²) in [6.07, 6.45) is 4.73. The Morgan fingerprint density at radius 1 is 1.53 bits per heavy atom. The Labute approximate surface area is 111 Å². The molecule has 3 N–H and O–H groups in total. The van der Waals surface area contributed by atoms with Gasteiger partial charge in [-0.15, -0.1) is 11.8 Å². The second-order valence-electron chi connectivity index (χ2n) is 4.48. The van der Waals surface area contributed by atoms with Gasteiger partial charge in [-0.05, 0) is 50.6 Å². The predicted molar refractivity (Wildman–Crippen MR) is 77.1 cm³/mol. The summed E-state index contributed by atoms with van der Waals surface area (Å²) in [7, 11) is 0. The van der Waals surface area contributed by atoms with Gasteiger partial charge in [-0.3, -0.25) is 0 Å². The lowest BCUT2D eigenvalue weighted by Gasteiger charge is -2.21. The normalized spacial score (nSPS) is 18.5. The first-order chi connectivity index (χ1) is 8.20. The van der Waals surface area contributed by atoms with Crippen LogP contribution in [-0.2, 0) is 0 Å². The van der Waals surface area contributed by atoms with Crippen molar-refractivity contribution in [2.75, 3.05) is 36.9 Å². The van der Waals surface area contributed by atoms with E-state index in [1.807, 2.05) is 6.26 Å². The van der Waals surface area contributed by atoms with E-state index in [0.717, 1.165) is 16.4 Å². The molecule has 2 heterocycles. The second kappa shape index (κ2) is 5.93. The number of hydrogen-bond donors (Lipinski definition) is 2. The quantitative estimate of drug-likeness (QED) is 0.806. The van der Waals surface area contributed by atoms with Crippen molar-refractivity contribution in [2.45, 2.75) is 30.7 Å². The third kappa shape index (κ3) is 3.26. The van der Waals surface area contributed by atoms with Crippen LogP contribution in [0.2, 0.25) is 0 Å². The Kier molecular flexibility index (Phi) is 4.53. The van der Waals surface area contributed by atoms with Gasteiger partial charge in [-0.2, -0.15) is 4.37 Å². The minimum absolute atomic E-state index is 0.443. The van der Waals surface area contributed by atoms with Crippen LogP contribution in [0.5, 0.6) is 0 Å². The van der Waals surface area contributed by atoms with E-state index >= 15 is 0 Å². The summed E-state index contributed by atoms with van der Waals surface area (Å²) in [5, 5.41) is 4.64. The Hall–Kier alpha value is -0.460. The van der Waals surface area contributed by atoms with Crippen LogP contribution in [0.4, 0.5) is 10.8 Å². The van der Waals surface area contributed by atoms with Crippen LogP contribution in [0, 0.1) is 0 Å². The number of nitrogen functional groups attached to an aromatic ring is 1. The van der Waals surface area contributed by atoms with Crippen LogP contribution in [0.1, 0.15) is 19.8 Å². The fraction of sp³-hybridized carbons (Fsp3) is 0.727. The van der Waals surface area contributed by atoms with E-state index in [0.29, 0.717) is 11.9 Å². The van der Waals surface area contributed by atoms with Gasteiger partial charge in [0.25, 0.3) is 0 Å². The highest BCUT2D eigenvalue weighted by Crippen LogP contribution is 2.34. The van der Waals surface area contributed by atoms with Crippen molar-refractivity contribution in [1.82, 2.24) is 9.27 Å². The van der Waals surface area contributed by atoms with Crippen molar-refractivity contribution >= 4 is 34.1 Å². The average molecular weight is 272 g/mol. The minimum atomic E-state index is 0.443. The largest absolute Gasteiger partial charge is 0.382 e. The van der Waals surface area contributed by atoms with Gasteiger partial charge < -0.3 is 16.0 Å². The van der Waals surface area contributed by atoms with Crippen LogP contribution in [0.15, 0.2) is 4.90 Å². The summed E-state index contributed by atoms with van der Waals surface area (Å²) in [5.74, 6) is 0.651. The average Bonchev–Trinajstić information content (AvgIpc) is 2.89. The fourth-order valence-corrected chi connectivity index (χ4v) is 3.85. The summed E-state index contributed by atoms with van der Waals surface area (Å²) in [4.78, 5) is 3.60. The van der Waals surface area contributed by atoms with Gasteiger partial charge in [0.1, 0.15) is 5.00 Å². The van der Waals surface area contributed by atoms with Gasteiger partial charge >= 0.3 is 0 Å². The first kappa shape index (κ1) is 13.0. The number of thioether (sulfide) groups is 1. The molecule has 0 radical (unpaired) electrons. The molecule has 0 aliphatic carbocycles. The van der Waals surface area contributed by atoms with Crippen molar-refractivity contribution < 1.29 is 0 Å². The van der Waals surface area contributed by atoms with E-state index in [1.54, 1.807) is 11.8 Å². The molecule has 96 valence electrons. The zero-order valence-corrected chi connectivity index (χ0v) is 12.0. The second-order valence-corrected chi connectivity index (χ2v) is 6.07. The van der Waals surface area contributed by atoms with Crippen molar-refractivity contribution in [3.63, 3.8) is 0 Å². The smallest absolute Gasteiger partial charge is 0.153 e. The molecule has 1 aliphatic rings. The van der Waals surface area contributed by atoms with Gasteiger partial charge in [0.05, 0.1) is 4.90 Å². The molecular formula is C11H20N4S2. The predicted octanol–water partition coefficient (Wildman–Crippen LogP) is 2.34. The van der Waals surface area contributed by atoms with E-state index < -0.39 is 0 Å². The van der Waals surface area contributed by atoms with Gasteiger partial charge in [0.2, 0.25) is 0 Å². The van der Waals surface area contributed by atoms with E-state index in [4.69, 9.17) is 5.73 Å². The number of nitrogens with one attached hydrogen (secondary N) is 1. The molecule has 4 nitrogen and oxygen atoms in total. The van der Waals surface area contributed by atoms with Crippen LogP contribution in [0.25, 0.3) is 0 Å². The standard InChI is InChI=1S/C11H20N4S2/c1-8(7-15-5-3-4-6-15)13-11-9(16-2)10(12)14-17-11/h8,13H,3-7H2,1-2H3,(H2,12,14). The Morgan fingerprint density at radius 2 is 2.24 bits per heavy atom. The maximum absolute atomic E-state index is 5.82. The van der Waals surface area contributed by atoms with E-state index in [9.17, 15) is 0 Å². The zero-order valence-electron chi connectivity index (χ0n) is 10.4. The molecule has 1 unspecified atom stereocenters. The molecule has 1 atom stereocenters. The lowest BCUT2D eigenvalue weighted by atomic mass is 10.3. The van der Waals surface area contributed by atoms with E-state index in [1.165, 1.54) is 37.5 Å². The number of likely N-dealkylation sites (tertiary alicyclic amines) is 1. The van der Waals surface area contributed by atoms with Crippen molar-refractivity contribution in [3.05, 3.63) is 0 Å². The highest BCUT2D eigenvalue weighted by molar-refractivity contribution is 7.99. The summed E-state index contributed by atoms with van der Waals surface area (Å²) in [6, 6.07) is 0.443. The summed E-state index contributed by atoms with van der Waals surface area (Å²) >= 11 is 3.12. The lowest BCUT2D eigenvalue weighted by molar-refractivity contribution is 0.328. The molecule has 1 fully saturated rings. The Morgan fingerprint density at radius 3 is 2.88 bits per heavy atom.